The monoisotopic (exact) mass is 556 g/mol. The topological polar surface area (TPSA) is 58.1 Å². The van der Waals surface area contributed by atoms with E-state index in [0.717, 1.165) is 70.3 Å². The first-order chi connectivity index (χ1) is 15.2. The third kappa shape index (κ3) is 6.50. The van der Waals surface area contributed by atoms with Gasteiger partial charge in [0.25, 0.3) is 0 Å². The number of likely N-dealkylation sites (tertiary alicyclic amines) is 1. The lowest BCUT2D eigenvalue weighted by molar-refractivity contribution is 0.0396. The Morgan fingerprint density at radius 2 is 1.97 bits per heavy atom. The third-order valence-corrected chi connectivity index (χ3v) is 7.19. The molecule has 1 spiro atoms. The number of aliphatic imine (C=N–C) groups is 1. The number of guanidine groups is 1. The Morgan fingerprint density at radius 1 is 1.22 bits per heavy atom. The molecule has 3 aliphatic rings. The number of halogens is 1. The standard InChI is InChI=1S/C25H40N4O2.HI/c1-3-26-24(27-19-20-10-14-29(15-11-20)16-17-30-2)28-22-18-25(12-6-7-13-25)31-23-9-5-4-8-21(22)23;/h4-5,8-9,20,22H,3,6-7,10-19H2,1-2H3,(H2,26,27,28);1H. The van der Waals surface area contributed by atoms with E-state index in [2.05, 4.69) is 46.7 Å². The van der Waals surface area contributed by atoms with E-state index in [1.165, 1.54) is 31.2 Å². The highest BCUT2D eigenvalue weighted by molar-refractivity contribution is 14.0. The first kappa shape index (κ1) is 25.6. The molecule has 2 heterocycles. The van der Waals surface area contributed by atoms with E-state index in [-0.39, 0.29) is 35.6 Å². The normalized spacial score (nSPS) is 23.3. The number of fused-ring (bicyclic) bond motifs is 1. The molecule has 4 rings (SSSR count). The predicted molar refractivity (Wildman–Crippen MR) is 141 cm³/mol. The van der Waals surface area contributed by atoms with Gasteiger partial charge in [0.2, 0.25) is 0 Å². The van der Waals surface area contributed by atoms with E-state index in [4.69, 9.17) is 14.5 Å². The zero-order valence-corrected chi connectivity index (χ0v) is 22.1. The van der Waals surface area contributed by atoms with Crippen LogP contribution in [0.4, 0.5) is 0 Å². The summed E-state index contributed by atoms with van der Waals surface area (Å²) in [5.74, 6) is 2.66. The van der Waals surface area contributed by atoms with Crippen LogP contribution in [0.3, 0.4) is 0 Å². The average molecular weight is 557 g/mol. The van der Waals surface area contributed by atoms with E-state index in [1.54, 1.807) is 7.11 Å². The molecule has 2 N–H and O–H groups in total. The minimum Gasteiger partial charge on any atom is -0.487 e. The maximum Gasteiger partial charge on any atom is 0.191 e. The first-order valence-corrected chi connectivity index (χ1v) is 12.3. The van der Waals surface area contributed by atoms with Crippen LogP contribution < -0.4 is 15.4 Å². The summed E-state index contributed by atoms with van der Waals surface area (Å²) in [5.41, 5.74) is 1.26. The molecule has 1 aliphatic carbocycles. The zero-order chi connectivity index (χ0) is 21.5. The molecule has 0 amide bonds. The summed E-state index contributed by atoms with van der Waals surface area (Å²) in [6.45, 7) is 8.09. The van der Waals surface area contributed by atoms with Crippen LogP contribution in [-0.2, 0) is 4.74 Å². The molecule has 1 unspecified atom stereocenters. The molecule has 7 heteroatoms. The van der Waals surface area contributed by atoms with Gasteiger partial charge in [-0.25, -0.2) is 0 Å². The van der Waals surface area contributed by atoms with Crippen molar-refractivity contribution in [3.63, 3.8) is 0 Å². The summed E-state index contributed by atoms with van der Waals surface area (Å²) in [5, 5.41) is 7.26. The molecule has 180 valence electrons. The second-order valence-corrected chi connectivity index (χ2v) is 9.43. The van der Waals surface area contributed by atoms with Crippen molar-refractivity contribution in [2.75, 3.05) is 46.4 Å². The van der Waals surface area contributed by atoms with Gasteiger partial charge in [-0.2, -0.15) is 0 Å². The molecule has 1 aromatic rings. The summed E-state index contributed by atoms with van der Waals surface area (Å²) in [4.78, 5) is 7.52. The fourth-order valence-electron chi connectivity index (χ4n) is 5.39. The molecule has 1 saturated heterocycles. The Balaban J connectivity index is 0.00000289. The highest BCUT2D eigenvalue weighted by Crippen LogP contribution is 2.46. The maximum atomic E-state index is 6.53. The predicted octanol–water partition coefficient (Wildman–Crippen LogP) is 4.35. The highest BCUT2D eigenvalue weighted by atomic mass is 127. The van der Waals surface area contributed by atoms with Crippen LogP contribution in [0.5, 0.6) is 5.75 Å². The van der Waals surface area contributed by atoms with E-state index >= 15 is 0 Å². The van der Waals surface area contributed by atoms with Crippen LogP contribution in [0.15, 0.2) is 29.3 Å². The molecule has 0 aromatic heterocycles. The van der Waals surface area contributed by atoms with E-state index in [9.17, 15) is 0 Å². The molecule has 32 heavy (non-hydrogen) atoms. The summed E-state index contributed by atoms with van der Waals surface area (Å²) >= 11 is 0. The van der Waals surface area contributed by atoms with Crippen LogP contribution >= 0.6 is 24.0 Å². The van der Waals surface area contributed by atoms with Gasteiger partial charge in [-0.1, -0.05) is 18.2 Å². The van der Waals surface area contributed by atoms with Crippen molar-refractivity contribution in [3.05, 3.63) is 29.8 Å². The maximum absolute atomic E-state index is 6.53. The molecule has 2 aliphatic heterocycles. The van der Waals surface area contributed by atoms with Gasteiger partial charge in [0.1, 0.15) is 11.4 Å². The van der Waals surface area contributed by atoms with Gasteiger partial charge in [-0.3, -0.25) is 4.99 Å². The molecule has 1 atom stereocenters. The number of para-hydroxylation sites is 1. The van der Waals surface area contributed by atoms with Crippen molar-refractivity contribution in [2.45, 2.75) is 63.5 Å². The van der Waals surface area contributed by atoms with Gasteiger partial charge >= 0.3 is 0 Å². The Bertz CT molecular complexity index is 730. The minimum atomic E-state index is -0.00161. The van der Waals surface area contributed by atoms with Crippen LogP contribution in [-0.4, -0.2) is 62.9 Å². The fraction of sp³-hybridized carbons (Fsp3) is 0.720. The summed E-state index contributed by atoms with van der Waals surface area (Å²) in [6.07, 6.45) is 8.32. The number of hydrogen-bond donors (Lipinski definition) is 2. The van der Waals surface area contributed by atoms with Gasteiger partial charge in [0.15, 0.2) is 5.96 Å². The van der Waals surface area contributed by atoms with Crippen molar-refractivity contribution in [1.82, 2.24) is 15.5 Å². The largest absolute Gasteiger partial charge is 0.487 e. The Labute approximate surface area is 210 Å². The lowest BCUT2D eigenvalue weighted by Gasteiger charge is -2.40. The number of piperidine rings is 1. The van der Waals surface area contributed by atoms with Crippen molar-refractivity contribution in [1.29, 1.82) is 0 Å². The molecule has 6 nitrogen and oxygen atoms in total. The van der Waals surface area contributed by atoms with Crippen molar-refractivity contribution < 1.29 is 9.47 Å². The van der Waals surface area contributed by atoms with Gasteiger partial charge in [-0.15, -0.1) is 24.0 Å². The van der Waals surface area contributed by atoms with Crippen molar-refractivity contribution in [2.24, 2.45) is 10.9 Å². The number of nitrogens with zero attached hydrogens (tertiary/aromatic N) is 2. The van der Waals surface area contributed by atoms with Gasteiger partial charge in [0, 0.05) is 38.7 Å². The van der Waals surface area contributed by atoms with E-state index in [0.29, 0.717) is 5.92 Å². The number of rotatable bonds is 7. The second-order valence-electron chi connectivity index (χ2n) is 9.43. The zero-order valence-electron chi connectivity index (χ0n) is 19.8. The second kappa shape index (κ2) is 12.4. The third-order valence-electron chi connectivity index (χ3n) is 7.19. The minimum absolute atomic E-state index is 0. The number of nitrogens with one attached hydrogen (secondary N) is 2. The Morgan fingerprint density at radius 3 is 2.69 bits per heavy atom. The quantitative estimate of drug-likeness (QED) is 0.297. The van der Waals surface area contributed by atoms with E-state index < -0.39 is 0 Å². The molecule has 2 fully saturated rings. The lowest BCUT2D eigenvalue weighted by atomic mass is 9.86. The first-order valence-electron chi connectivity index (χ1n) is 12.3. The van der Waals surface area contributed by atoms with Crippen LogP contribution in [0.1, 0.15) is 63.5 Å². The Kier molecular flexibility index (Phi) is 9.92. The lowest BCUT2D eigenvalue weighted by Crippen LogP contribution is -2.47. The summed E-state index contributed by atoms with van der Waals surface area (Å²) in [7, 11) is 1.78. The molecule has 0 bridgehead atoms. The van der Waals surface area contributed by atoms with Crippen LogP contribution in [0.25, 0.3) is 0 Å². The number of ether oxygens (including phenoxy) is 2. The molecular formula is C25H41IN4O2. The van der Waals surface area contributed by atoms with E-state index in [1.807, 2.05) is 0 Å². The molecule has 1 saturated carbocycles. The average Bonchev–Trinajstić information content (AvgIpc) is 3.24. The van der Waals surface area contributed by atoms with Crippen molar-refractivity contribution in [3.8, 4) is 5.75 Å². The van der Waals surface area contributed by atoms with Gasteiger partial charge in [-0.05, 0) is 70.5 Å². The molecule has 0 radical (unpaired) electrons. The summed E-state index contributed by atoms with van der Waals surface area (Å²) in [6, 6.07) is 8.78. The number of methoxy groups -OCH3 is 1. The van der Waals surface area contributed by atoms with Gasteiger partial charge in [0.05, 0.1) is 12.6 Å². The number of benzene rings is 1. The van der Waals surface area contributed by atoms with Crippen molar-refractivity contribution >= 4 is 29.9 Å². The van der Waals surface area contributed by atoms with Gasteiger partial charge < -0.3 is 25.0 Å². The van der Waals surface area contributed by atoms with Crippen LogP contribution in [0.2, 0.25) is 0 Å². The smallest absolute Gasteiger partial charge is 0.191 e. The molecule has 1 aromatic carbocycles. The summed E-state index contributed by atoms with van der Waals surface area (Å²) < 4.78 is 11.8. The Hall–Kier alpha value is -1.06. The molecular weight excluding hydrogens is 515 g/mol. The number of hydrogen-bond acceptors (Lipinski definition) is 4. The SMILES string of the molecule is CCNC(=NCC1CCN(CCOC)CC1)NC1CC2(CCCC2)Oc2ccccc21.I. The fourth-order valence-corrected chi connectivity index (χ4v) is 5.39. The highest BCUT2D eigenvalue weighted by Gasteiger charge is 2.43. The van der Waals surface area contributed by atoms with Crippen LogP contribution in [0, 0.1) is 5.92 Å².